The first-order chi connectivity index (χ1) is 21.8. The second-order valence-corrected chi connectivity index (χ2v) is 10.0. The molecule has 4 aromatic rings. The van der Waals surface area contributed by atoms with Crippen LogP contribution in [0.3, 0.4) is 0 Å². The van der Waals surface area contributed by atoms with Gasteiger partial charge >= 0.3 is 12.4 Å². The van der Waals surface area contributed by atoms with Gasteiger partial charge in [-0.25, -0.2) is 14.6 Å². The van der Waals surface area contributed by atoms with E-state index in [1.165, 1.54) is 12.0 Å². The average Bonchev–Trinajstić information content (AvgIpc) is 3.42. The minimum absolute atomic E-state index is 0.0684. The van der Waals surface area contributed by atoms with Crippen molar-refractivity contribution in [3.63, 3.8) is 0 Å². The summed E-state index contributed by atoms with van der Waals surface area (Å²) in [6.07, 6.45) is -4.67. The number of benzene rings is 1. The number of anilines is 1. The van der Waals surface area contributed by atoms with Crippen molar-refractivity contribution in [1.82, 2.24) is 34.4 Å². The Balaban J connectivity index is 1.17. The van der Waals surface area contributed by atoms with Gasteiger partial charge in [-0.15, -0.1) is 0 Å². The molecule has 12 nitrogen and oxygen atoms in total. The third-order valence-electron chi connectivity index (χ3n) is 7.09. The minimum atomic E-state index is -4.90. The molecule has 0 N–H and O–H groups in total. The van der Waals surface area contributed by atoms with Crippen molar-refractivity contribution in [1.29, 1.82) is 0 Å². The van der Waals surface area contributed by atoms with E-state index < -0.39 is 40.5 Å². The van der Waals surface area contributed by atoms with Crippen molar-refractivity contribution < 1.29 is 40.6 Å². The molecular formula is C28H26F6N8O4. The molecule has 0 bridgehead atoms. The van der Waals surface area contributed by atoms with Gasteiger partial charge in [-0.2, -0.15) is 36.5 Å². The highest BCUT2D eigenvalue weighted by Crippen LogP contribution is 2.32. The van der Waals surface area contributed by atoms with Crippen LogP contribution in [-0.4, -0.2) is 80.2 Å². The second kappa shape index (κ2) is 13.1. The smallest absolute Gasteiger partial charge is 0.435 e. The molecule has 5 rings (SSSR count). The summed E-state index contributed by atoms with van der Waals surface area (Å²) in [6, 6.07) is 6.64. The number of nitrogens with zero attached hydrogens (tertiary/aromatic N) is 8. The Hall–Kier alpha value is -5.16. The Kier molecular flexibility index (Phi) is 9.15. The number of hydrogen-bond donors (Lipinski definition) is 0. The van der Waals surface area contributed by atoms with E-state index >= 15 is 0 Å². The topological polar surface area (TPSA) is 120 Å². The largest absolute Gasteiger partial charge is 0.499 e. The molecule has 0 aliphatic carbocycles. The number of hydrogen-bond acceptors (Lipinski definition) is 9. The van der Waals surface area contributed by atoms with E-state index in [0.717, 1.165) is 27.9 Å². The first-order valence-electron chi connectivity index (χ1n) is 13.7. The lowest BCUT2D eigenvalue weighted by Crippen LogP contribution is -2.48. The number of aromatic nitrogens is 6. The fraction of sp³-hybridized carbons (Fsp3) is 0.357. The van der Waals surface area contributed by atoms with Crippen LogP contribution in [0.1, 0.15) is 16.8 Å². The van der Waals surface area contributed by atoms with Crippen molar-refractivity contribution in [2.75, 3.05) is 44.8 Å². The molecule has 1 aliphatic rings. The molecule has 46 heavy (non-hydrogen) atoms. The standard InChI is InChI=1S/C28H26F6N8O4/c1-45-20-4-2-18(3-5-20)17-42-25(44)23-21(16-37-42)41(38-24(23)28(32,33)34)11-13-46-12-6-22(43)39-7-9-40(10-8-39)26-35-14-19(15-36-26)27(29,30)31/h2-6,12,14-16H,7-11,13,17H2,1H3. The minimum Gasteiger partial charge on any atom is -0.499 e. The van der Waals surface area contributed by atoms with E-state index in [4.69, 9.17) is 9.47 Å². The number of carbonyl (C=O) groups is 1. The number of halogens is 6. The average molecular weight is 653 g/mol. The first-order valence-corrected chi connectivity index (χ1v) is 13.7. The van der Waals surface area contributed by atoms with Crippen LogP contribution < -0.4 is 15.2 Å². The molecule has 0 unspecified atom stereocenters. The highest BCUT2D eigenvalue weighted by molar-refractivity contribution is 5.87. The molecule has 3 aromatic heterocycles. The molecule has 1 amide bonds. The van der Waals surface area contributed by atoms with Crippen LogP contribution in [0.4, 0.5) is 32.3 Å². The Morgan fingerprint density at radius 2 is 1.61 bits per heavy atom. The molecule has 0 radical (unpaired) electrons. The van der Waals surface area contributed by atoms with E-state index in [9.17, 15) is 35.9 Å². The Labute approximate surface area is 256 Å². The summed E-state index contributed by atoms with van der Waals surface area (Å²) in [5.41, 5.74) is -2.76. The summed E-state index contributed by atoms with van der Waals surface area (Å²) >= 11 is 0. The van der Waals surface area contributed by atoms with Gasteiger partial charge in [0.2, 0.25) is 11.9 Å². The highest BCUT2D eigenvalue weighted by Gasteiger charge is 2.38. The summed E-state index contributed by atoms with van der Waals surface area (Å²) in [5, 5.41) is 7.04. The van der Waals surface area contributed by atoms with Crippen LogP contribution in [0.5, 0.6) is 5.75 Å². The van der Waals surface area contributed by atoms with Gasteiger partial charge in [0.15, 0.2) is 5.69 Å². The lowest BCUT2D eigenvalue weighted by molar-refractivity contribution is -0.140. The molecule has 1 aromatic carbocycles. The van der Waals surface area contributed by atoms with Crippen molar-refractivity contribution in [2.45, 2.75) is 25.4 Å². The molecule has 0 spiro atoms. The maximum absolute atomic E-state index is 13.8. The number of amides is 1. The van der Waals surface area contributed by atoms with Crippen LogP contribution in [0, 0.1) is 0 Å². The molecular weight excluding hydrogens is 626 g/mol. The molecule has 1 saturated heterocycles. The quantitative estimate of drug-likeness (QED) is 0.116. The predicted octanol–water partition coefficient (Wildman–Crippen LogP) is 3.36. The van der Waals surface area contributed by atoms with Crippen molar-refractivity contribution in [3.8, 4) is 5.75 Å². The summed E-state index contributed by atoms with van der Waals surface area (Å²) in [4.78, 5) is 36.3. The normalized spacial score (nSPS) is 14.3. The number of rotatable bonds is 9. The van der Waals surface area contributed by atoms with Gasteiger partial charge in [-0.1, -0.05) is 12.1 Å². The molecule has 1 aliphatic heterocycles. The lowest BCUT2D eigenvalue weighted by atomic mass is 10.2. The number of ether oxygens (including phenoxy) is 2. The second-order valence-electron chi connectivity index (χ2n) is 10.0. The van der Waals surface area contributed by atoms with Gasteiger partial charge in [0.25, 0.3) is 5.56 Å². The number of piperazine rings is 1. The third-order valence-corrected chi connectivity index (χ3v) is 7.09. The van der Waals surface area contributed by atoms with E-state index in [0.29, 0.717) is 23.7 Å². The molecule has 244 valence electrons. The van der Waals surface area contributed by atoms with E-state index in [1.54, 1.807) is 29.2 Å². The zero-order chi connectivity index (χ0) is 33.1. The third kappa shape index (κ3) is 7.21. The SMILES string of the molecule is COc1ccc(Cn2ncc3c(c(C(F)(F)F)nn3CCOC=CC(=O)N3CCN(c4ncc(C(F)(F)F)cn4)CC3)c2=O)cc1. The van der Waals surface area contributed by atoms with Gasteiger partial charge in [0, 0.05) is 44.6 Å². The molecule has 18 heteroatoms. The summed E-state index contributed by atoms with van der Waals surface area (Å²) in [5.74, 6) is 0.290. The predicted molar refractivity (Wildman–Crippen MR) is 150 cm³/mol. The zero-order valence-corrected chi connectivity index (χ0v) is 24.1. The summed E-state index contributed by atoms with van der Waals surface area (Å²) in [6.45, 7) is 0.643. The number of methoxy groups -OCH3 is 1. The van der Waals surface area contributed by atoms with Crippen LogP contribution in [0.2, 0.25) is 0 Å². The van der Waals surface area contributed by atoms with Gasteiger partial charge in [-0.05, 0) is 17.7 Å². The van der Waals surface area contributed by atoms with Crippen LogP contribution in [-0.2, 0) is 35.0 Å². The van der Waals surface area contributed by atoms with Crippen LogP contribution in [0.25, 0.3) is 10.9 Å². The van der Waals surface area contributed by atoms with E-state index in [-0.39, 0.29) is 57.3 Å². The van der Waals surface area contributed by atoms with Crippen LogP contribution in [0.15, 0.2) is 60.0 Å². The van der Waals surface area contributed by atoms with Gasteiger partial charge in [-0.3, -0.25) is 14.3 Å². The Morgan fingerprint density at radius 3 is 2.22 bits per heavy atom. The van der Waals surface area contributed by atoms with E-state index in [2.05, 4.69) is 20.2 Å². The Morgan fingerprint density at radius 1 is 0.935 bits per heavy atom. The molecule has 0 atom stereocenters. The fourth-order valence-electron chi connectivity index (χ4n) is 4.68. The summed E-state index contributed by atoms with van der Waals surface area (Å²) in [7, 11) is 1.49. The lowest BCUT2D eigenvalue weighted by Gasteiger charge is -2.34. The maximum Gasteiger partial charge on any atom is 0.435 e. The van der Waals surface area contributed by atoms with E-state index in [1.807, 2.05) is 0 Å². The fourth-order valence-corrected chi connectivity index (χ4v) is 4.68. The van der Waals surface area contributed by atoms with Crippen molar-refractivity contribution >= 4 is 22.8 Å². The molecule has 4 heterocycles. The van der Waals surface area contributed by atoms with Gasteiger partial charge < -0.3 is 19.3 Å². The number of carbonyl (C=O) groups excluding carboxylic acids is 1. The number of fused-ring (bicyclic) bond motifs is 1. The molecule has 0 saturated carbocycles. The van der Waals surface area contributed by atoms with Gasteiger partial charge in [0.05, 0.1) is 43.7 Å². The number of alkyl halides is 6. The van der Waals surface area contributed by atoms with Crippen molar-refractivity contribution in [2.24, 2.45) is 0 Å². The zero-order valence-electron chi connectivity index (χ0n) is 24.1. The monoisotopic (exact) mass is 652 g/mol. The maximum atomic E-state index is 13.8. The molecule has 1 fully saturated rings. The Bertz CT molecular complexity index is 1760. The highest BCUT2D eigenvalue weighted by atomic mass is 19.4. The van der Waals surface area contributed by atoms with Gasteiger partial charge in [0.1, 0.15) is 17.7 Å². The first kappa shape index (κ1) is 32.2. The summed E-state index contributed by atoms with van der Waals surface area (Å²) < 4.78 is 92.0. The van der Waals surface area contributed by atoms with Crippen molar-refractivity contribution in [3.05, 3.63) is 82.4 Å². The van der Waals surface area contributed by atoms with Crippen LogP contribution >= 0.6 is 0 Å².